The number of ketones is 1. The lowest BCUT2D eigenvalue weighted by molar-refractivity contribution is -0.138. The predicted octanol–water partition coefficient (Wildman–Crippen LogP) is 3.25. The highest BCUT2D eigenvalue weighted by atomic mass is 35.5. The van der Waals surface area contributed by atoms with E-state index in [1.165, 1.54) is 0 Å². The highest BCUT2D eigenvalue weighted by Crippen LogP contribution is 2.36. The number of aryl methyl sites for hydroxylation is 1. The van der Waals surface area contributed by atoms with E-state index in [0.717, 1.165) is 5.56 Å². The van der Waals surface area contributed by atoms with E-state index in [-0.39, 0.29) is 5.78 Å². The number of aliphatic carboxylic acids is 1. The molecule has 1 aliphatic rings. The van der Waals surface area contributed by atoms with Crippen molar-refractivity contribution in [2.24, 2.45) is 0 Å². The van der Waals surface area contributed by atoms with Crippen LogP contribution in [-0.4, -0.2) is 21.4 Å². The van der Waals surface area contributed by atoms with E-state index >= 15 is 0 Å². The molecule has 5 heteroatoms. The van der Waals surface area contributed by atoms with Crippen molar-refractivity contribution in [1.29, 1.82) is 0 Å². The maximum absolute atomic E-state index is 12.7. The van der Waals surface area contributed by atoms with E-state index in [4.69, 9.17) is 11.6 Å². The second-order valence-corrected chi connectivity index (χ2v) is 5.65. The number of benzene rings is 1. The van der Waals surface area contributed by atoms with Gasteiger partial charge >= 0.3 is 5.97 Å². The van der Waals surface area contributed by atoms with Crippen LogP contribution in [-0.2, 0) is 11.3 Å². The largest absolute Gasteiger partial charge is 0.481 e. The molecule has 0 aliphatic carbocycles. The van der Waals surface area contributed by atoms with Crippen LogP contribution in [0.25, 0.3) is 0 Å². The molecule has 2 aromatic rings. The number of fused-ring (bicyclic) bond motifs is 1. The Morgan fingerprint density at radius 2 is 2.05 bits per heavy atom. The SMILES string of the molecule is Cc1ccccc1C(=O)c1c(Cl)cc2n1CCC2C(=O)O. The lowest BCUT2D eigenvalue weighted by atomic mass is 10.0. The fourth-order valence-corrected chi connectivity index (χ4v) is 3.21. The summed E-state index contributed by atoms with van der Waals surface area (Å²) in [5.41, 5.74) is 2.48. The van der Waals surface area contributed by atoms with Crippen LogP contribution in [0.4, 0.5) is 0 Å². The van der Waals surface area contributed by atoms with Crippen LogP contribution in [0.15, 0.2) is 30.3 Å². The topological polar surface area (TPSA) is 59.3 Å². The number of carboxylic acids is 1. The second kappa shape index (κ2) is 5.04. The molecular formula is C16H14ClNO3. The first-order valence-corrected chi connectivity index (χ1v) is 7.10. The molecule has 0 spiro atoms. The molecule has 1 aromatic heterocycles. The van der Waals surface area contributed by atoms with E-state index < -0.39 is 11.9 Å². The van der Waals surface area contributed by atoms with E-state index in [9.17, 15) is 14.7 Å². The van der Waals surface area contributed by atoms with Crippen molar-refractivity contribution in [1.82, 2.24) is 4.57 Å². The summed E-state index contributed by atoms with van der Waals surface area (Å²) in [5, 5.41) is 9.54. The molecule has 0 radical (unpaired) electrons. The van der Waals surface area contributed by atoms with E-state index in [1.54, 1.807) is 16.7 Å². The fourth-order valence-electron chi connectivity index (χ4n) is 2.91. The minimum absolute atomic E-state index is 0.157. The molecule has 0 fully saturated rings. The molecule has 1 atom stereocenters. The van der Waals surface area contributed by atoms with Crippen molar-refractivity contribution >= 4 is 23.4 Å². The Labute approximate surface area is 127 Å². The zero-order valence-corrected chi connectivity index (χ0v) is 12.2. The van der Waals surface area contributed by atoms with Gasteiger partial charge in [-0.05, 0) is 25.0 Å². The third-order valence-electron chi connectivity index (χ3n) is 3.98. The van der Waals surface area contributed by atoms with Gasteiger partial charge in [0, 0.05) is 17.8 Å². The van der Waals surface area contributed by atoms with Gasteiger partial charge in [-0.25, -0.2) is 0 Å². The fraction of sp³-hybridized carbons (Fsp3) is 0.250. The average molecular weight is 304 g/mol. The molecule has 0 amide bonds. The van der Waals surface area contributed by atoms with Crippen LogP contribution < -0.4 is 0 Å². The van der Waals surface area contributed by atoms with Gasteiger partial charge in [0.2, 0.25) is 5.78 Å². The van der Waals surface area contributed by atoms with Gasteiger partial charge in [-0.3, -0.25) is 9.59 Å². The molecule has 108 valence electrons. The van der Waals surface area contributed by atoms with Crippen LogP contribution in [0.1, 0.15) is 39.6 Å². The lowest BCUT2D eigenvalue weighted by Crippen LogP contribution is -2.11. The van der Waals surface area contributed by atoms with Crippen LogP contribution >= 0.6 is 11.6 Å². The normalized spacial score (nSPS) is 16.8. The Kier molecular flexibility index (Phi) is 3.33. The van der Waals surface area contributed by atoms with E-state index in [1.807, 2.05) is 25.1 Å². The van der Waals surface area contributed by atoms with Gasteiger partial charge in [-0.2, -0.15) is 0 Å². The maximum atomic E-state index is 12.7. The number of carboxylic acid groups (broad SMARTS) is 1. The molecule has 1 unspecified atom stereocenters. The van der Waals surface area contributed by atoms with Gasteiger partial charge in [0.1, 0.15) is 5.69 Å². The second-order valence-electron chi connectivity index (χ2n) is 5.24. The summed E-state index contributed by atoms with van der Waals surface area (Å²) < 4.78 is 1.75. The lowest BCUT2D eigenvalue weighted by Gasteiger charge is -2.08. The molecule has 21 heavy (non-hydrogen) atoms. The van der Waals surface area contributed by atoms with Crippen molar-refractivity contribution in [2.45, 2.75) is 25.8 Å². The van der Waals surface area contributed by atoms with Crippen LogP contribution in [0.2, 0.25) is 5.02 Å². The van der Waals surface area contributed by atoms with Crippen LogP contribution in [0.3, 0.4) is 0 Å². The van der Waals surface area contributed by atoms with Crippen LogP contribution in [0, 0.1) is 6.92 Å². The first-order valence-electron chi connectivity index (χ1n) is 6.72. The monoisotopic (exact) mass is 303 g/mol. The molecule has 0 saturated heterocycles. The highest BCUT2D eigenvalue weighted by molar-refractivity contribution is 6.35. The van der Waals surface area contributed by atoms with Gasteiger partial charge < -0.3 is 9.67 Å². The number of halogens is 1. The third-order valence-corrected chi connectivity index (χ3v) is 4.27. The molecule has 0 bridgehead atoms. The zero-order chi connectivity index (χ0) is 15.1. The number of nitrogens with zero attached hydrogens (tertiary/aromatic N) is 1. The van der Waals surface area contributed by atoms with Crippen molar-refractivity contribution in [3.8, 4) is 0 Å². The number of aromatic nitrogens is 1. The number of hydrogen-bond acceptors (Lipinski definition) is 2. The Hall–Kier alpha value is -2.07. The smallest absolute Gasteiger partial charge is 0.312 e. The quantitative estimate of drug-likeness (QED) is 0.885. The van der Waals surface area contributed by atoms with Gasteiger partial charge in [-0.1, -0.05) is 35.9 Å². The molecule has 0 saturated carbocycles. The molecule has 3 rings (SSSR count). The van der Waals surface area contributed by atoms with Gasteiger partial charge in [-0.15, -0.1) is 0 Å². The van der Waals surface area contributed by atoms with E-state index in [2.05, 4.69) is 0 Å². The summed E-state index contributed by atoms with van der Waals surface area (Å²) in [6.45, 7) is 2.38. The van der Waals surface area contributed by atoms with E-state index in [0.29, 0.717) is 34.9 Å². The Balaban J connectivity index is 2.09. The molecule has 1 aliphatic heterocycles. The van der Waals surface area contributed by atoms with Crippen LogP contribution in [0.5, 0.6) is 0 Å². The summed E-state index contributed by atoms with van der Waals surface area (Å²) in [6.07, 6.45) is 0.496. The number of hydrogen-bond donors (Lipinski definition) is 1. The van der Waals surface area contributed by atoms with Gasteiger partial charge in [0.15, 0.2) is 0 Å². The molecule has 1 N–H and O–H groups in total. The third kappa shape index (κ3) is 2.16. The average Bonchev–Trinajstić information content (AvgIpc) is 2.96. The number of rotatable bonds is 3. The summed E-state index contributed by atoms with van der Waals surface area (Å²) >= 11 is 6.20. The minimum atomic E-state index is -0.877. The first-order chi connectivity index (χ1) is 10.0. The van der Waals surface area contributed by atoms with Crippen molar-refractivity contribution in [3.63, 3.8) is 0 Å². The van der Waals surface area contributed by atoms with Crippen molar-refractivity contribution < 1.29 is 14.7 Å². The van der Waals surface area contributed by atoms with Crippen molar-refractivity contribution in [2.75, 3.05) is 0 Å². The molecule has 4 nitrogen and oxygen atoms in total. The Morgan fingerprint density at radius 3 is 2.71 bits per heavy atom. The first kappa shape index (κ1) is 13.9. The highest BCUT2D eigenvalue weighted by Gasteiger charge is 2.34. The summed E-state index contributed by atoms with van der Waals surface area (Å²) in [5.74, 6) is -1.62. The summed E-state index contributed by atoms with van der Waals surface area (Å²) in [6, 6.07) is 8.92. The zero-order valence-electron chi connectivity index (χ0n) is 11.5. The minimum Gasteiger partial charge on any atom is -0.481 e. The Bertz CT molecular complexity index is 748. The summed E-state index contributed by atoms with van der Waals surface area (Å²) in [4.78, 5) is 24.0. The standard InChI is InChI=1S/C16H14ClNO3/c1-9-4-2-3-5-10(9)15(19)14-12(17)8-13-11(16(20)21)6-7-18(13)14/h2-5,8,11H,6-7H2,1H3,(H,20,21). The summed E-state index contributed by atoms with van der Waals surface area (Å²) in [7, 11) is 0. The van der Waals surface area contributed by atoms with Crippen molar-refractivity contribution in [3.05, 3.63) is 57.9 Å². The molecular weight excluding hydrogens is 290 g/mol. The van der Waals surface area contributed by atoms with Gasteiger partial charge in [0.25, 0.3) is 0 Å². The predicted molar refractivity (Wildman–Crippen MR) is 79.0 cm³/mol. The maximum Gasteiger partial charge on any atom is 0.312 e. The Morgan fingerprint density at radius 1 is 1.33 bits per heavy atom. The number of carbonyl (C=O) groups is 2. The molecule has 2 heterocycles. The number of carbonyl (C=O) groups excluding carboxylic acids is 1. The molecule has 1 aromatic carbocycles. The van der Waals surface area contributed by atoms with Gasteiger partial charge in [0.05, 0.1) is 10.9 Å².